The molecule has 4 aromatic rings. The summed E-state index contributed by atoms with van der Waals surface area (Å²) in [6, 6.07) is 27.5. The average molecular weight is 399 g/mol. The molecule has 2 heterocycles. The number of fused-ring (bicyclic) bond motifs is 1. The number of aromatic nitrogens is 2. The quantitative estimate of drug-likeness (QED) is 0.466. The van der Waals surface area contributed by atoms with Crippen molar-refractivity contribution in [2.45, 2.75) is 17.0 Å². The van der Waals surface area contributed by atoms with E-state index in [1.807, 2.05) is 89.8 Å². The van der Waals surface area contributed by atoms with Gasteiger partial charge in [-0.15, -0.1) is 10.2 Å². The van der Waals surface area contributed by atoms with Crippen molar-refractivity contribution in [2.24, 2.45) is 0 Å². The van der Waals surface area contributed by atoms with Crippen LogP contribution in [0, 0.1) is 0 Å². The first-order valence-corrected chi connectivity index (χ1v) is 10.2. The van der Waals surface area contributed by atoms with Crippen LogP contribution >= 0.6 is 11.8 Å². The number of benzene rings is 3. The van der Waals surface area contributed by atoms with E-state index < -0.39 is 5.25 Å². The molecule has 0 saturated carbocycles. The molecule has 1 aliphatic rings. The Balaban J connectivity index is 1.42. The molecule has 0 fully saturated rings. The number of carbonyl (C=O) groups excluding carboxylic acids is 1. The monoisotopic (exact) mass is 399 g/mol. The van der Waals surface area contributed by atoms with Gasteiger partial charge < -0.3 is 9.32 Å². The van der Waals surface area contributed by atoms with Gasteiger partial charge in [-0.2, -0.15) is 0 Å². The first-order valence-electron chi connectivity index (χ1n) is 9.29. The van der Waals surface area contributed by atoms with Gasteiger partial charge in [0.25, 0.3) is 5.22 Å². The normalized spacial score (nSPS) is 15.5. The van der Waals surface area contributed by atoms with Crippen LogP contribution in [-0.4, -0.2) is 16.1 Å². The SMILES string of the molecule is O=C1C(Sc2nnc(-c3ccccc3)o2)c2ccccc2N1Cc1ccccc1. The van der Waals surface area contributed by atoms with E-state index in [1.54, 1.807) is 0 Å². The molecule has 1 aliphatic heterocycles. The van der Waals surface area contributed by atoms with Gasteiger partial charge in [0.1, 0.15) is 5.25 Å². The van der Waals surface area contributed by atoms with Crippen LogP contribution in [0.4, 0.5) is 5.69 Å². The first kappa shape index (κ1) is 17.7. The predicted octanol–water partition coefficient (Wildman–Crippen LogP) is 5.12. The summed E-state index contributed by atoms with van der Waals surface area (Å²) < 4.78 is 5.82. The van der Waals surface area contributed by atoms with Gasteiger partial charge in [-0.3, -0.25) is 4.79 Å². The third-order valence-electron chi connectivity index (χ3n) is 4.83. The highest BCUT2D eigenvalue weighted by molar-refractivity contribution is 8.00. The summed E-state index contributed by atoms with van der Waals surface area (Å²) in [5.41, 5.74) is 3.85. The average Bonchev–Trinajstić information content (AvgIpc) is 3.35. The zero-order chi connectivity index (χ0) is 19.6. The maximum absolute atomic E-state index is 13.3. The molecule has 0 bridgehead atoms. The second kappa shape index (κ2) is 7.56. The van der Waals surface area contributed by atoms with E-state index in [-0.39, 0.29) is 5.91 Å². The van der Waals surface area contributed by atoms with Crippen molar-refractivity contribution < 1.29 is 9.21 Å². The van der Waals surface area contributed by atoms with E-state index in [9.17, 15) is 4.79 Å². The molecule has 1 atom stereocenters. The Morgan fingerprint density at radius 3 is 2.34 bits per heavy atom. The molecule has 29 heavy (non-hydrogen) atoms. The second-order valence-corrected chi connectivity index (χ2v) is 7.76. The van der Waals surface area contributed by atoms with Gasteiger partial charge in [-0.05, 0) is 41.1 Å². The first-order chi connectivity index (χ1) is 14.3. The molecule has 5 rings (SSSR count). The standard InChI is InChI=1S/C23H17N3O2S/c27-22-20(29-23-25-24-21(28-23)17-11-5-2-6-12-17)18-13-7-8-14-19(18)26(22)15-16-9-3-1-4-10-16/h1-14,20H,15H2. The highest BCUT2D eigenvalue weighted by Crippen LogP contribution is 2.46. The van der Waals surface area contributed by atoms with Gasteiger partial charge in [0.2, 0.25) is 11.8 Å². The predicted molar refractivity (Wildman–Crippen MR) is 112 cm³/mol. The van der Waals surface area contributed by atoms with Crippen LogP contribution in [0.3, 0.4) is 0 Å². The van der Waals surface area contributed by atoms with Crippen molar-refractivity contribution in [1.82, 2.24) is 10.2 Å². The molecule has 1 amide bonds. The van der Waals surface area contributed by atoms with Crippen molar-refractivity contribution >= 4 is 23.4 Å². The number of anilines is 1. The van der Waals surface area contributed by atoms with E-state index in [0.29, 0.717) is 17.7 Å². The minimum absolute atomic E-state index is 0.0273. The van der Waals surface area contributed by atoms with E-state index in [2.05, 4.69) is 10.2 Å². The fourth-order valence-electron chi connectivity index (χ4n) is 3.45. The van der Waals surface area contributed by atoms with E-state index in [4.69, 9.17) is 4.42 Å². The fourth-order valence-corrected chi connectivity index (χ4v) is 4.42. The lowest BCUT2D eigenvalue weighted by Gasteiger charge is -2.17. The lowest BCUT2D eigenvalue weighted by molar-refractivity contribution is -0.117. The Morgan fingerprint density at radius 2 is 1.55 bits per heavy atom. The van der Waals surface area contributed by atoms with E-state index in [0.717, 1.165) is 22.4 Å². The van der Waals surface area contributed by atoms with Crippen molar-refractivity contribution in [3.63, 3.8) is 0 Å². The van der Waals surface area contributed by atoms with Crippen LogP contribution < -0.4 is 4.90 Å². The summed E-state index contributed by atoms with van der Waals surface area (Å²) in [4.78, 5) is 15.1. The third-order valence-corrected chi connectivity index (χ3v) is 5.89. The Labute approximate surface area is 172 Å². The maximum atomic E-state index is 13.3. The molecule has 0 radical (unpaired) electrons. The van der Waals surface area contributed by atoms with Crippen LogP contribution in [0.1, 0.15) is 16.4 Å². The molecule has 0 N–H and O–H groups in total. The van der Waals surface area contributed by atoms with Crippen molar-refractivity contribution in [3.8, 4) is 11.5 Å². The van der Waals surface area contributed by atoms with Crippen LogP contribution in [0.2, 0.25) is 0 Å². The molecule has 1 aromatic heterocycles. The van der Waals surface area contributed by atoms with Crippen LogP contribution in [0.25, 0.3) is 11.5 Å². The van der Waals surface area contributed by atoms with Gasteiger partial charge in [0.05, 0.1) is 6.54 Å². The number of hydrogen-bond donors (Lipinski definition) is 0. The molecular formula is C23H17N3O2S. The van der Waals surface area contributed by atoms with E-state index in [1.165, 1.54) is 11.8 Å². The van der Waals surface area contributed by atoms with Crippen LogP contribution in [-0.2, 0) is 11.3 Å². The summed E-state index contributed by atoms with van der Waals surface area (Å²) in [6.45, 7) is 0.535. The molecule has 0 saturated heterocycles. The van der Waals surface area contributed by atoms with Gasteiger partial charge in [-0.25, -0.2) is 0 Å². The van der Waals surface area contributed by atoms with Crippen molar-refractivity contribution in [2.75, 3.05) is 4.90 Å². The number of amides is 1. The third kappa shape index (κ3) is 3.43. The minimum atomic E-state index is -0.404. The van der Waals surface area contributed by atoms with Gasteiger partial charge in [0, 0.05) is 11.3 Å². The smallest absolute Gasteiger partial charge is 0.277 e. The van der Waals surface area contributed by atoms with Gasteiger partial charge in [0.15, 0.2) is 0 Å². The van der Waals surface area contributed by atoms with Crippen molar-refractivity contribution in [1.29, 1.82) is 0 Å². The number of hydrogen-bond acceptors (Lipinski definition) is 5. The number of thioether (sulfide) groups is 1. The molecule has 3 aromatic carbocycles. The molecule has 0 spiro atoms. The van der Waals surface area contributed by atoms with Gasteiger partial charge in [-0.1, -0.05) is 66.7 Å². The lowest BCUT2D eigenvalue weighted by atomic mass is 10.1. The summed E-state index contributed by atoms with van der Waals surface area (Å²) in [6.07, 6.45) is 0. The Morgan fingerprint density at radius 1 is 0.862 bits per heavy atom. The summed E-state index contributed by atoms with van der Waals surface area (Å²) in [7, 11) is 0. The van der Waals surface area contributed by atoms with E-state index >= 15 is 0 Å². The second-order valence-electron chi connectivity index (χ2n) is 6.71. The number of rotatable bonds is 5. The molecule has 142 valence electrons. The lowest BCUT2D eigenvalue weighted by Crippen LogP contribution is -2.27. The molecular weight excluding hydrogens is 382 g/mol. The molecule has 0 aliphatic carbocycles. The zero-order valence-electron chi connectivity index (χ0n) is 15.4. The van der Waals surface area contributed by atoms with Gasteiger partial charge >= 0.3 is 0 Å². The highest BCUT2D eigenvalue weighted by Gasteiger charge is 2.38. The highest BCUT2D eigenvalue weighted by atomic mass is 32.2. The Bertz CT molecular complexity index is 1150. The molecule has 5 nitrogen and oxygen atoms in total. The fraction of sp³-hybridized carbons (Fsp3) is 0.0870. The number of nitrogens with zero attached hydrogens (tertiary/aromatic N) is 3. The summed E-state index contributed by atoms with van der Waals surface area (Å²) >= 11 is 1.30. The molecule has 6 heteroatoms. The topological polar surface area (TPSA) is 59.2 Å². The largest absolute Gasteiger partial charge is 0.411 e. The number of para-hydroxylation sites is 1. The zero-order valence-corrected chi connectivity index (χ0v) is 16.3. The molecule has 1 unspecified atom stereocenters. The van der Waals surface area contributed by atoms with Crippen LogP contribution in [0.15, 0.2) is 94.6 Å². The summed E-state index contributed by atoms with van der Waals surface area (Å²) in [5, 5.41) is 8.27. The minimum Gasteiger partial charge on any atom is -0.411 e. The van der Waals surface area contributed by atoms with Crippen molar-refractivity contribution in [3.05, 3.63) is 96.1 Å². The number of carbonyl (C=O) groups is 1. The summed E-state index contributed by atoms with van der Waals surface area (Å²) in [5.74, 6) is 0.479. The maximum Gasteiger partial charge on any atom is 0.277 e. The van der Waals surface area contributed by atoms with Crippen LogP contribution in [0.5, 0.6) is 0 Å². The Hall–Kier alpha value is -3.38. The Kier molecular flexibility index (Phi) is 4.62.